The number of methoxy groups -OCH3 is 3. The molecular weight excluding hydrogens is 544 g/mol. The predicted molar refractivity (Wildman–Crippen MR) is 153 cm³/mol. The molecule has 4 heterocycles. The molecule has 0 N–H and O–H groups in total. The van der Waals surface area contributed by atoms with Gasteiger partial charge in [0, 0.05) is 18.4 Å². The topological polar surface area (TPSA) is 132 Å². The van der Waals surface area contributed by atoms with E-state index in [4.69, 9.17) is 28.7 Å². The molecule has 12 heteroatoms. The fourth-order valence-electron chi connectivity index (χ4n) is 5.10. The summed E-state index contributed by atoms with van der Waals surface area (Å²) in [7, 11) is 4.34. The Balaban J connectivity index is 1.85. The van der Waals surface area contributed by atoms with E-state index in [0.29, 0.717) is 18.0 Å². The molecule has 42 heavy (non-hydrogen) atoms. The van der Waals surface area contributed by atoms with Crippen LogP contribution in [0.4, 0.5) is 0 Å². The molecule has 1 fully saturated rings. The third kappa shape index (κ3) is 5.20. The van der Waals surface area contributed by atoms with Crippen LogP contribution in [0, 0.1) is 6.92 Å². The van der Waals surface area contributed by atoms with E-state index >= 15 is 0 Å². The SMILES string of the molecule is CCOC(=O)c1cc2c(=O)n3cccc(C)c3nc2n(CC2CCCO2)c1=NC(=O)c1cc(OC)c(OC)c(OC)c1. The van der Waals surface area contributed by atoms with Crippen LogP contribution in [0.1, 0.15) is 46.0 Å². The summed E-state index contributed by atoms with van der Waals surface area (Å²) in [5.74, 6) is -0.568. The maximum absolute atomic E-state index is 13.7. The minimum absolute atomic E-state index is 0.0000333. The highest BCUT2D eigenvalue weighted by molar-refractivity contribution is 5.98. The van der Waals surface area contributed by atoms with Gasteiger partial charge < -0.3 is 28.3 Å². The first-order chi connectivity index (χ1) is 20.3. The van der Waals surface area contributed by atoms with Gasteiger partial charge in [0.05, 0.1) is 46.0 Å². The first-order valence-corrected chi connectivity index (χ1v) is 13.5. The molecule has 1 aromatic carbocycles. The molecular formula is C30H32N4O8. The molecule has 0 saturated carbocycles. The standard InChI is InChI=1S/C30H32N4O8/c1-6-41-30(37)21-15-20-26(31-25-17(2)9-7-11-33(25)29(20)36)34(16-19-10-8-12-42-19)27(21)32-28(35)18-13-22(38-3)24(40-5)23(14-18)39-4/h7,9,11,13-15,19H,6,8,10,12,16H2,1-5H3. The van der Waals surface area contributed by atoms with Gasteiger partial charge in [0.15, 0.2) is 17.0 Å². The Hall–Kier alpha value is -4.71. The molecule has 1 saturated heterocycles. The van der Waals surface area contributed by atoms with Crippen molar-refractivity contribution in [2.75, 3.05) is 34.5 Å². The summed E-state index contributed by atoms with van der Waals surface area (Å²) < 4.78 is 30.5. The zero-order valence-corrected chi connectivity index (χ0v) is 24.1. The van der Waals surface area contributed by atoms with Gasteiger partial charge in [-0.05, 0) is 56.5 Å². The van der Waals surface area contributed by atoms with Crippen molar-refractivity contribution in [2.45, 2.75) is 39.3 Å². The number of carbonyl (C=O) groups is 2. The summed E-state index contributed by atoms with van der Waals surface area (Å²) in [4.78, 5) is 50.0. The molecule has 12 nitrogen and oxygen atoms in total. The van der Waals surface area contributed by atoms with Gasteiger partial charge >= 0.3 is 5.97 Å². The minimum atomic E-state index is -0.731. The van der Waals surface area contributed by atoms with Crippen LogP contribution < -0.4 is 25.3 Å². The number of benzene rings is 1. The lowest BCUT2D eigenvalue weighted by Gasteiger charge is -2.18. The van der Waals surface area contributed by atoms with Crippen molar-refractivity contribution < 1.29 is 33.3 Å². The van der Waals surface area contributed by atoms with E-state index in [1.807, 2.05) is 13.0 Å². The third-order valence-electron chi connectivity index (χ3n) is 7.13. The van der Waals surface area contributed by atoms with Gasteiger partial charge in [-0.3, -0.25) is 14.0 Å². The number of rotatable bonds is 8. The highest BCUT2D eigenvalue weighted by atomic mass is 16.5. The average Bonchev–Trinajstić information content (AvgIpc) is 3.51. The smallest absolute Gasteiger partial charge is 0.341 e. The van der Waals surface area contributed by atoms with Crippen LogP contribution in [0.2, 0.25) is 0 Å². The molecule has 5 rings (SSSR count). The highest BCUT2D eigenvalue weighted by Gasteiger charge is 2.25. The second-order valence-corrected chi connectivity index (χ2v) is 9.72. The molecule has 4 aromatic rings. The van der Waals surface area contributed by atoms with E-state index in [0.717, 1.165) is 18.4 Å². The van der Waals surface area contributed by atoms with Gasteiger partial charge in [-0.2, -0.15) is 4.99 Å². The van der Waals surface area contributed by atoms with Crippen molar-refractivity contribution >= 4 is 28.6 Å². The van der Waals surface area contributed by atoms with Crippen LogP contribution in [0.3, 0.4) is 0 Å². The molecule has 1 atom stereocenters. The monoisotopic (exact) mass is 576 g/mol. The molecule has 3 aromatic heterocycles. The maximum atomic E-state index is 13.7. The van der Waals surface area contributed by atoms with Crippen LogP contribution in [0.25, 0.3) is 16.7 Å². The molecule has 1 amide bonds. The number of pyridine rings is 2. The first-order valence-electron chi connectivity index (χ1n) is 13.5. The Morgan fingerprint density at radius 1 is 1.10 bits per heavy atom. The molecule has 0 bridgehead atoms. The quantitative estimate of drug-likeness (QED) is 0.229. The number of nitrogens with zero attached hydrogens (tertiary/aromatic N) is 4. The van der Waals surface area contributed by atoms with Crippen molar-refractivity contribution in [3.63, 3.8) is 0 Å². The number of hydrogen-bond acceptors (Lipinski definition) is 9. The van der Waals surface area contributed by atoms with E-state index in [9.17, 15) is 14.4 Å². The van der Waals surface area contributed by atoms with Crippen molar-refractivity contribution in [1.82, 2.24) is 14.0 Å². The van der Waals surface area contributed by atoms with E-state index in [1.165, 1.54) is 43.9 Å². The van der Waals surface area contributed by atoms with E-state index < -0.39 is 11.9 Å². The average molecular weight is 577 g/mol. The Morgan fingerprint density at radius 2 is 1.83 bits per heavy atom. The normalized spacial score (nSPS) is 15.3. The molecule has 0 aliphatic carbocycles. The summed E-state index contributed by atoms with van der Waals surface area (Å²) in [6.45, 7) is 4.39. The van der Waals surface area contributed by atoms with E-state index in [-0.39, 0.29) is 64.0 Å². The summed E-state index contributed by atoms with van der Waals surface area (Å²) >= 11 is 0. The molecule has 220 valence electrons. The van der Waals surface area contributed by atoms with Crippen LogP contribution >= 0.6 is 0 Å². The largest absolute Gasteiger partial charge is 0.493 e. The van der Waals surface area contributed by atoms with Gasteiger partial charge in [0.2, 0.25) is 5.75 Å². The van der Waals surface area contributed by atoms with Crippen molar-refractivity contribution in [3.05, 3.63) is 69.1 Å². The van der Waals surface area contributed by atoms with Gasteiger partial charge in [-0.15, -0.1) is 0 Å². The predicted octanol–water partition coefficient (Wildman–Crippen LogP) is 3.08. The molecule has 1 unspecified atom stereocenters. The fraction of sp³-hybridized carbons (Fsp3) is 0.367. The maximum Gasteiger partial charge on any atom is 0.341 e. The number of carbonyl (C=O) groups excluding carboxylic acids is 2. The fourth-order valence-corrected chi connectivity index (χ4v) is 5.10. The second kappa shape index (κ2) is 12.0. The van der Waals surface area contributed by atoms with Crippen LogP contribution in [-0.4, -0.2) is 66.5 Å². The van der Waals surface area contributed by atoms with E-state index in [1.54, 1.807) is 23.8 Å². The minimum Gasteiger partial charge on any atom is -0.493 e. The van der Waals surface area contributed by atoms with Crippen molar-refractivity contribution in [1.29, 1.82) is 0 Å². The first kappa shape index (κ1) is 28.8. The molecule has 1 aliphatic heterocycles. The summed E-state index contributed by atoms with van der Waals surface area (Å²) in [5.41, 5.74) is 1.21. The zero-order valence-electron chi connectivity index (χ0n) is 24.1. The van der Waals surface area contributed by atoms with Gasteiger partial charge in [-0.1, -0.05) is 6.07 Å². The summed E-state index contributed by atoms with van der Waals surface area (Å²) in [6.07, 6.45) is 3.00. The second-order valence-electron chi connectivity index (χ2n) is 9.72. The molecule has 1 aliphatic rings. The molecule has 0 spiro atoms. The third-order valence-corrected chi connectivity index (χ3v) is 7.13. The number of aryl methyl sites for hydroxylation is 1. The Labute approximate surface area is 241 Å². The van der Waals surface area contributed by atoms with Gasteiger partial charge in [0.1, 0.15) is 16.9 Å². The van der Waals surface area contributed by atoms with Crippen LogP contribution in [-0.2, 0) is 16.0 Å². The van der Waals surface area contributed by atoms with Crippen molar-refractivity contribution in [3.8, 4) is 17.2 Å². The Kier molecular flexibility index (Phi) is 8.25. The number of esters is 1. The lowest BCUT2D eigenvalue weighted by Crippen LogP contribution is -2.35. The summed E-state index contributed by atoms with van der Waals surface area (Å²) in [5, 5.41) is 0.179. The zero-order chi connectivity index (χ0) is 30.0. The van der Waals surface area contributed by atoms with Crippen molar-refractivity contribution in [2.24, 2.45) is 4.99 Å². The summed E-state index contributed by atoms with van der Waals surface area (Å²) in [6, 6.07) is 7.95. The van der Waals surface area contributed by atoms with Crippen LogP contribution in [0.15, 0.2) is 46.3 Å². The molecule has 0 radical (unpaired) electrons. The highest BCUT2D eigenvalue weighted by Crippen LogP contribution is 2.38. The lowest BCUT2D eigenvalue weighted by atomic mass is 10.1. The number of ether oxygens (including phenoxy) is 5. The Bertz CT molecular complexity index is 1790. The number of amides is 1. The number of fused-ring (bicyclic) bond motifs is 2. The van der Waals surface area contributed by atoms with E-state index in [2.05, 4.69) is 4.99 Å². The lowest BCUT2D eigenvalue weighted by molar-refractivity contribution is 0.0521. The van der Waals surface area contributed by atoms with Gasteiger partial charge in [-0.25, -0.2) is 9.78 Å². The number of aromatic nitrogens is 3. The van der Waals surface area contributed by atoms with Gasteiger partial charge in [0.25, 0.3) is 11.5 Å². The Morgan fingerprint density at radius 3 is 2.45 bits per heavy atom. The van der Waals surface area contributed by atoms with Crippen LogP contribution in [0.5, 0.6) is 17.2 Å². The number of hydrogen-bond donors (Lipinski definition) is 0.